The lowest BCUT2D eigenvalue weighted by Crippen LogP contribution is -2.36. The molecule has 0 aromatic carbocycles. The van der Waals surface area contributed by atoms with E-state index in [0.717, 1.165) is 37.6 Å². The van der Waals surface area contributed by atoms with Gasteiger partial charge in [-0.25, -0.2) is 4.52 Å². The molecule has 0 spiro atoms. The van der Waals surface area contributed by atoms with Gasteiger partial charge in [-0.1, -0.05) is 0 Å². The molecule has 0 aliphatic carbocycles. The number of ether oxygens (including phenoxy) is 1. The molecule has 0 radical (unpaired) electrons. The first-order valence-corrected chi connectivity index (χ1v) is 5.70. The fourth-order valence-corrected chi connectivity index (χ4v) is 2.22. The van der Waals surface area contributed by atoms with Crippen LogP contribution < -0.4 is 10.6 Å². The molecule has 0 bridgehead atoms. The van der Waals surface area contributed by atoms with E-state index in [1.165, 1.54) is 5.69 Å². The van der Waals surface area contributed by atoms with Crippen molar-refractivity contribution in [1.82, 2.24) is 14.6 Å². The van der Waals surface area contributed by atoms with E-state index in [1.807, 2.05) is 13.0 Å². The van der Waals surface area contributed by atoms with Crippen LogP contribution in [0.25, 0.3) is 5.65 Å². The Morgan fingerprint density at radius 1 is 1.29 bits per heavy atom. The van der Waals surface area contributed by atoms with E-state index in [1.54, 1.807) is 4.52 Å². The molecule has 1 saturated heterocycles. The lowest BCUT2D eigenvalue weighted by atomic mass is 10.2. The maximum absolute atomic E-state index is 5.61. The van der Waals surface area contributed by atoms with Crippen LogP contribution in [0, 0.1) is 6.92 Å². The van der Waals surface area contributed by atoms with Gasteiger partial charge in [0, 0.05) is 13.1 Å². The topological polar surface area (TPSA) is 68.7 Å². The zero-order valence-electron chi connectivity index (χ0n) is 9.76. The van der Waals surface area contributed by atoms with Crippen LogP contribution in [0.2, 0.25) is 0 Å². The van der Waals surface area contributed by atoms with Crippen molar-refractivity contribution in [3.8, 4) is 0 Å². The summed E-state index contributed by atoms with van der Waals surface area (Å²) in [4.78, 5) is 6.45. The molecular formula is C11H15N5O. The van der Waals surface area contributed by atoms with Crippen molar-refractivity contribution in [2.24, 2.45) is 0 Å². The molecule has 90 valence electrons. The number of nitrogens with two attached hydrogens (primary N) is 1. The molecule has 3 heterocycles. The van der Waals surface area contributed by atoms with Gasteiger partial charge in [0.15, 0.2) is 5.65 Å². The maximum atomic E-state index is 5.61. The molecule has 1 aliphatic heterocycles. The van der Waals surface area contributed by atoms with Crippen molar-refractivity contribution >= 4 is 17.3 Å². The Labute approximate surface area is 99.0 Å². The molecule has 0 unspecified atom stereocenters. The van der Waals surface area contributed by atoms with Crippen molar-refractivity contribution in [3.05, 3.63) is 17.8 Å². The van der Waals surface area contributed by atoms with Crippen LogP contribution in [-0.4, -0.2) is 40.9 Å². The third-order valence-corrected chi connectivity index (χ3v) is 3.08. The van der Waals surface area contributed by atoms with Gasteiger partial charge in [0.1, 0.15) is 0 Å². The zero-order chi connectivity index (χ0) is 11.8. The summed E-state index contributed by atoms with van der Waals surface area (Å²) >= 11 is 0. The molecule has 0 atom stereocenters. The smallest absolute Gasteiger partial charge is 0.240 e. The molecule has 6 heteroatoms. The second-order valence-corrected chi connectivity index (χ2v) is 4.14. The number of aromatic nitrogens is 3. The highest BCUT2D eigenvalue weighted by Gasteiger charge is 2.15. The van der Waals surface area contributed by atoms with Crippen LogP contribution in [-0.2, 0) is 4.74 Å². The van der Waals surface area contributed by atoms with E-state index in [-0.39, 0.29) is 0 Å². The SMILES string of the molecule is Cc1c(N2CCOCC2)ccc2nc(N)nn12. The molecule has 0 amide bonds. The minimum atomic E-state index is 0.312. The van der Waals surface area contributed by atoms with Gasteiger partial charge in [0.2, 0.25) is 5.95 Å². The van der Waals surface area contributed by atoms with Gasteiger partial charge in [-0.2, -0.15) is 4.98 Å². The fourth-order valence-electron chi connectivity index (χ4n) is 2.22. The van der Waals surface area contributed by atoms with Crippen LogP contribution in [0.5, 0.6) is 0 Å². The van der Waals surface area contributed by atoms with E-state index >= 15 is 0 Å². The molecule has 1 aliphatic rings. The minimum absolute atomic E-state index is 0.312. The summed E-state index contributed by atoms with van der Waals surface area (Å²) in [5, 5.41) is 4.19. The highest BCUT2D eigenvalue weighted by atomic mass is 16.5. The molecule has 17 heavy (non-hydrogen) atoms. The summed E-state index contributed by atoms with van der Waals surface area (Å²) in [5.74, 6) is 0.312. The normalized spacial score (nSPS) is 16.6. The third-order valence-electron chi connectivity index (χ3n) is 3.08. The van der Waals surface area contributed by atoms with Crippen LogP contribution >= 0.6 is 0 Å². The summed E-state index contributed by atoms with van der Waals surface area (Å²) < 4.78 is 7.15. The van der Waals surface area contributed by atoms with Gasteiger partial charge in [0.25, 0.3) is 0 Å². The highest BCUT2D eigenvalue weighted by molar-refractivity contribution is 5.57. The second kappa shape index (κ2) is 3.89. The van der Waals surface area contributed by atoms with Gasteiger partial charge in [0.05, 0.1) is 24.6 Å². The lowest BCUT2D eigenvalue weighted by Gasteiger charge is -2.29. The van der Waals surface area contributed by atoms with E-state index in [0.29, 0.717) is 5.95 Å². The van der Waals surface area contributed by atoms with Gasteiger partial charge in [-0.15, -0.1) is 5.10 Å². The molecule has 2 N–H and O–H groups in total. The van der Waals surface area contributed by atoms with Gasteiger partial charge in [-0.3, -0.25) is 0 Å². The number of pyridine rings is 1. The van der Waals surface area contributed by atoms with Crippen molar-refractivity contribution in [2.45, 2.75) is 6.92 Å². The summed E-state index contributed by atoms with van der Waals surface area (Å²) in [6, 6.07) is 4.02. The first kappa shape index (κ1) is 10.3. The van der Waals surface area contributed by atoms with E-state index in [9.17, 15) is 0 Å². The molecular weight excluding hydrogens is 218 g/mol. The average Bonchev–Trinajstić information content (AvgIpc) is 2.72. The van der Waals surface area contributed by atoms with E-state index < -0.39 is 0 Å². The number of hydrogen-bond donors (Lipinski definition) is 1. The molecule has 2 aromatic rings. The molecule has 0 saturated carbocycles. The van der Waals surface area contributed by atoms with Crippen LogP contribution in [0.1, 0.15) is 5.69 Å². The van der Waals surface area contributed by atoms with Crippen LogP contribution in [0.4, 0.5) is 11.6 Å². The van der Waals surface area contributed by atoms with Crippen molar-refractivity contribution < 1.29 is 4.74 Å². The largest absolute Gasteiger partial charge is 0.378 e. The number of nitrogens with zero attached hydrogens (tertiary/aromatic N) is 4. The third kappa shape index (κ3) is 1.70. The lowest BCUT2D eigenvalue weighted by molar-refractivity contribution is 0.122. The number of nitrogen functional groups attached to an aromatic ring is 1. The number of fused-ring (bicyclic) bond motifs is 1. The predicted octanol–water partition coefficient (Wildman–Crippen LogP) is 0.457. The summed E-state index contributed by atoms with van der Waals surface area (Å²) in [6.45, 7) is 5.41. The standard InChI is InChI=1S/C11H15N5O/c1-8-9(15-4-6-17-7-5-15)2-3-10-13-11(12)14-16(8)10/h2-3H,4-7H2,1H3,(H2,12,14). The first-order valence-electron chi connectivity index (χ1n) is 5.70. The molecule has 3 rings (SSSR count). The average molecular weight is 233 g/mol. The molecule has 6 nitrogen and oxygen atoms in total. The van der Waals surface area contributed by atoms with Crippen LogP contribution in [0.3, 0.4) is 0 Å². The maximum Gasteiger partial charge on any atom is 0.240 e. The number of anilines is 2. The Morgan fingerprint density at radius 2 is 2.06 bits per heavy atom. The fraction of sp³-hybridized carbons (Fsp3) is 0.455. The monoisotopic (exact) mass is 233 g/mol. The highest BCUT2D eigenvalue weighted by Crippen LogP contribution is 2.22. The number of morpholine rings is 1. The Kier molecular flexibility index (Phi) is 2.36. The Morgan fingerprint density at radius 3 is 2.82 bits per heavy atom. The summed E-state index contributed by atoms with van der Waals surface area (Å²) in [5.41, 5.74) is 8.64. The van der Waals surface area contributed by atoms with E-state index in [2.05, 4.69) is 21.0 Å². The van der Waals surface area contributed by atoms with Crippen molar-refractivity contribution in [3.63, 3.8) is 0 Å². The van der Waals surface area contributed by atoms with Gasteiger partial charge in [-0.05, 0) is 19.1 Å². The predicted molar refractivity (Wildman–Crippen MR) is 65.2 cm³/mol. The summed E-state index contributed by atoms with van der Waals surface area (Å²) in [7, 11) is 0. The molecule has 1 fully saturated rings. The Balaban J connectivity index is 2.06. The number of rotatable bonds is 1. The Bertz CT molecular complexity index is 544. The number of aryl methyl sites for hydroxylation is 1. The van der Waals surface area contributed by atoms with Crippen molar-refractivity contribution in [2.75, 3.05) is 36.9 Å². The Hall–Kier alpha value is -1.82. The zero-order valence-corrected chi connectivity index (χ0v) is 9.76. The summed E-state index contributed by atoms with van der Waals surface area (Å²) in [6.07, 6.45) is 0. The molecule has 2 aromatic heterocycles. The van der Waals surface area contributed by atoms with Gasteiger partial charge < -0.3 is 15.4 Å². The second-order valence-electron chi connectivity index (χ2n) is 4.14. The number of hydrogen-bond acceptors (Lipinski definition) is 5. The quantitative estimate of drug-likeness (QED) is 0.774. The minimum Gasteiger partial charge on any atom is -0.378 e. The first-order chi connectivity index (χ1) is 8.25. The van der Waals surface area contributed by atoms with E-state index in [4.69, 9.17) is 10.5 Å². The van der Waals surface area contributed by atoms with Crippen molar-refractivity contribution in [1.29, 1.82) is 0 Å². The van der Waals surface area contributed by atoms with Crippen LogP contribution in [0.15, 0.2) is 12.1 Å². The van der Waals surface area contributed by atoms with Gasteiger partial charge >= 0.3 is 0 Å².